The number of unbranched alkanes of at least 4 members (excludes halogenated alkanes) is 14. The highest BCUT2D eigenvalue weighted by atomic mass is 16.4. The Morgan fingerprint density at radius 1 is 0.571 bits per heavy atom. The molecule has 0 aliphatic carbocycles. The molecule has 0 aliphatic heterocycles. The molecule has 284 valence electrons. The van der Waals surface area contributed by atoms with Crippen molar-refractivity contribution in [2.24, 2.45) is 5.73 Å². The second kappa shape index (κ2) is 29.6. The lowest BCUT2D eigenvalue weighted by Gasteiger charge is -2.31. The van der Waals surface area contributed by atoms with Gasteiger partial charge in [0, 0.05) is 45.7 Å². The van der Waals surface area contributed by atoms with Crippen LogP contribution in [0.3, 0.4) is 0 Å². The summed E-state index contributed by atoms with van der Waals surface area (Å²) in [5.41, 5.74) is 5.18. The summed E-state index contributed by atoms with van der Waals surface area (Å²) in [6.07, 6.45) is 18.2. The van der Waals surface area contributed by atoms with E-state index in [1.807, 2.05) is 0 Å². The van der Waals surface area contributed by atoms with Crippen molar-refractivity contribution in [3.63, 3.8) is 0 Å². The summed E-state index contributed by atoms with van der Waals surface area (Å²) >= 11 is 0. The summed E-state index contributed by atoms with van der Waals surface area (Å²) in [7, 11) is 0. The molecule has 7 N–H and O–H groups in total. The van der Waals surface area contributed by atoms with E-state index in [-0.39, 0.29) is 45.2 Å². The van der Waals surface area contributed by atoms with Gasteiger partial charge in [-0.3, -0.25) is 43.5 Å². The molecule has 49 heavy (non-hydrogen) atoms. The number of amides is 2. The topological polar surface area (TPSA) is 231 Å². The van der Waals surface area contributed by atoms with E-state index in [2.05, 4.69) is 12.2 Å². The standard InChI is InChI=1S/C34H63N5O10/c1-2-3-4-5-6-7-8-9-10-11-12-13-14-15-16-17-30(41)36-18-19-37(20-21-38(25-31(42)43)26-32(44)45)22-23-39(27-33(46)47)28(34(48)49)24-29(35)40/h28H,2-27H2,1H3,(H2,35,40)(H,36,41)(H,42,43)(H,44,45)(H,46,47)(H,48,49). The summed E-state index contributed by atoms with van der Waals surface area (Å²) in [5.74, 6) is -6.15. The molecule has 1 unspecified atom stereocenters. The van der Waals surface area contributed by atoms with E-state index < -0.39 is 61.9 Å². The Kier molecular flexibility index (Phi) is 27.6. The minimum atomic E-state index is -1.47. The van der Waals surface area contributed by atoms with E-state index in [0.29, 0.717) is 6.42 Å². The summed E-state index contributed by atoms with van der Waals surface area (Å²) in [6, 6.07) is -1.47. The fraction of sp³-hybridized carbons (Fsp3) is 0.824. The van der Waals surface area contributed by atoms with E-state index in [0.717, 1.165) is 30.6 Å². The number of hydrogen-bond acceptors (Lipinski definition) is 9. The fourth-order valence-electron chi connectivity index (χ4n) is 5.67. The number of carbonyl (C=O) groups excluding carboxylic acids is 2. The molecular formula is C34H63N5O10. The van der Waals surface area contributed by atoms with Crippen molar-refractivity contribution in [3.05, 3.63) is 0 Å². The molecule has 2 amide bonds. The number of rotatable bonds is 35. The van der Waals surface area contributed by atoms with Gasteiger partial charge in [-0.1, -0.05) is 96.8 Å². The molecule has 15 heteroatoms. The van der Waals surface area contributed by atoms with E-state index in [1.54, 1.807) is 4.90 Å². The maximum Gasteiger partial charge on any atom is 0.321 e. The molecular weight excluding hydrogens is 638 g/mol. The van der Waals surface area contributed by atoms with E-state index in [4.69, 9.17) is 15.9 Å². The van der Waals surface area contributed by atoms with Crippen LogP contribution in [0.25, 0.3) is 0 Å². The zero-order chi connectivity index (χ0) is 36.9. The zero-order valence-corrected chi connectivity index (χ0v) is 29.6. The van der Waals surface area contributed by atoms with Crippen molar-refractivity contribution < 1.29 is 49.2 Å². The highest BCUT2D eigenvalue weighted by Gasteiger charge is 2.29. The van der Waals surface area contributed by atoms with E-state index >= 15 is 0 Å². The number of nitrogens with two attached hydrogens (primary N) is 1. The second-order valence-corrected chi connectivity index (χ2v) is 12.8. The first kappa shape index (κ1) is 45.7. The molecule has 0 rings (SSSR count). The van der Waals surface area contributed by atoms with Crippen molar-refractivity contribution in [3.8, 4) is 0 Å². The Morgan fingerprint density at radius 2 is 1.00 bits per heavy atom. The number of nitrogens with zero attached hydrogens (tertiary/aromatic N) is 3. The Hall–Kier alpha value is -3.30. The van der Waals surface area contributed by atoms with Gasteiger partial charge >= 0.3 is 23.9 Å². The van der Waals surface area contributed by atoms with Gasteiger partial charge in [-0.2, -0.15) is 0 Å². The van der Waals surface area contributed by atoms with Crippen LogP contribution in [0.4, 0.5) is 0 Å². The number of carboxylic acid groups (broad SMARTS) is 4. The third-order valence-electron chi connectivity index (χ3n) is 8.37. The molecule has 0 aromatic rings. The van der Waals surface area contributed by atoms with Gasteiger partial charge < -0.3 is 31.5 Å². The van der Waals surface area contributed by atoms with Crippen molar-refractivity contribution in [1.82, 2.24) is 20.0 Å². The minimum Gasteiger partial charge on any atom is -0.480 e. The molecule has 15 nitrogen and oxygen atoms in total. The molecule has 0 saturated heterocycles. The molecule has 0 radical (unpaired) electrons. The van der Waals surface area contributed by atoms with Crippen molar-refractivity contribution in [1.29, 1.82) is 0 Å². The van der Waals surface area contributed by atoms with Crippen LogP contribution in [0.1, 0.15) is 116 Å². The van der Waals surface area contributed by atoms with Crippen molar-refractivity contribution in [2.45, 2.75) is 122 Å². The number of carbonyl (C=O) groups is 6. The van der Waals surface area contributed by atoms with Gasteiger partial charge in [0.15, 0.2) is 0 Å². The lowest BCUT2D eigenvalue weighted by atomic mass is 10.0. The first-order chi connectivity index (χ1) is 23.3. The van der Waals surface area contributed by atoms with Gasteiger partial charge in [-0.15, -0.1) is 0 Å². The molecule has 1 atom stereocenters. The second-order valence-electron chi connectivity index (χ2n) is 12.8. The van der Waals surface area contributed by atoms with E-state index in [9.17, 15) is 39.0 Å². The normalized spacial score (nSPS) is 12.0. The molecule has 0 aromatic heterocycles. The van der Waals surface area contributed by atoms with Crippen LogP contribution in [0.2, 0.25) is 0 Å². The molecule has 0 saturated carbocycles. The summed E-state index contributed by atoms with van der Waals surface area (Å²) in [4.78, 5) is 73.7. The Labute approximate surface area is 291 Å². The minimum absolute atomic E-state index is 0.0360. The quantitative estimate of drug-likeness (QED) is 0.0523. The SMILES string of the molecule is CCCCCCCCCCCCCCCCCC(=O)NCCN(CCN(CC(=O)O)CC(=O)O)CCN(CC(=O)O)C(CC(N)=O)C(=O)O. The number of nitrogens with one attached hydrogen (secondary N) is 1. The van der Waals surface area contributed by atoms with Crippen LogP contribution in [-0.2, 0) is 28.8 Å². The molecule has 0 heterocycles. The van der Waals surface area contributed by atoms with Crippen LogP contribution < -0.4 is 11.1 Å². The molecule has 0 aliphatic rings. The van der Waals surface area contributed by atoms with Crippen LogP contribution >= 0.6 is 0 Å². The third kappa shape index (κ3) is 28.3. The summed E-state index contributed by atoms with van der Waals surface area (Å²) in [5, 5.41) is 40.1. The predicted octanol–water partition coefficient (Wildman–Crippen LogP) is 2.85. The fourth-order valence-corrected chi connectivity index (χ4v) is 5.67. The lowest BCUT2D eigenvalue weighted by molar-refractivity contribution is -0.148. The number of carboxylic acids is 4. The smallest absolute Gasteiger partial charge is 0.321 e. The van der Waals surface area contributed by atoms with Crippen LogP contribution in [0, 0.1) is 0 Å². The third-order valence-corrected chi connectivity index (χ3v) is 8.37. The molecule has 0 spiro atoms. The van der Waals surface area contributed by atoms with Gasteiger partial charge in [0.05, 0.1) is 26.1 Å². The van der Waals surface area contributed by atoms with E-state index in [1.165, 1.54) is 75.5 Å². The highest BCUT2D eigenvalue weighted by Crippen LogP contribution is 2.14. The van der Waals surface area contributed by atoms with Crippen LogP contribution in [0.5, 0.6) is 0 Å². The van der Waals surface area contributed by atoms with Gasteiger partial charge in [0.2, 0.25) is 11.8 Å². The maximum atomic E-state index is 12.5. The Bertz CT molecular complexity index is 952. The zero-order valence-electron chi connectivity index (χ0n) is 29.6. The largest absolute Gasteiger partial charge is 0.480 e. The first-order valence-electron chi connectivity index (χ1n) is 18.0. The van der Waals surface area contributed by atoms with Crippen LogP contribution in [0.15, 0.2) is 0 Å². The summed E-state index contributed by atoms with van der Waals surface area (Å²) in [6.45, 7) is 1.21. The van der Waals surface area contributed by atoms with Crippen molar-refractivity contribution >= 4 is 35.7 Å². The average molecular weight is 702 g/mol. The van der Waals surface area contributed by atoms with Gasteiger partial charge in [-0.05, 0) is 6.42 Å². The van der Waals surface area contributed by atoms with Crippen molar-refractivity contribution in [2.75, 3.05) is 58.9 Å². The Balaban J connectivity index is 4.75. The van der Waals surface area contributed by atoms with Crippen LogP contribution in [-0.4, -0.2) is 136 Å². The molecule has 0 fully saturated rings. The molecule has 0 bridgehead atoms. The Morgan fingerprint density at radius 3 is 1.43 bits per heavy atom. The van der Waals surface area contributed by atoms with Gasteiger partial charge in [-0.25, -0.2) is 0 Å². The predicted molar refractivity (Wildman–Crippen MR) is 185 cm³/mol. The van der Waals surface area contributed by atoms with Gasteiger partial charge in [0.1, 0.15) is 6.04 Å². The number of hydrogen-bond donors (Lipinski definition) is 6. The highest BCUT2D eigenvalue weighted by molar-refractivity contribution is 5.84. The van der Waals surface area contributed by atoms with Gasteiger partial charge in [0.25, 0.3) is 0 Å². The molecule has 0 aromatic carbocycles. The summed E-state index contributed by atoms with van der Waals surface area (Å²) < 4.78 is 0. The number of primary amides is 1. The first-order valence-corrected chi connectivity index (χ1v) is 18.0. The lowest BCUT2D eigenvalue weighted by Crippen LogP contribution is -2.50. The maximum absolute atomic E-state index is 12.5. The average Bonchev–Trinajstić information content (AvgIpc) is 3.01. The monoisotopic (exact) mass is 701 g/mol. The number of aliphatic carboxylic acids is 4.